The van der Waals surface area contributed by atoms with Crippen LogP contribution < -0.4 is 5.32 Å². The van der Waals surface area contributed by atoms with Crippen LogP contribution in [0.5, 0.6) is 0 Å². The lowest BCUT2D eigenvalue weighted by atomic mass is 9.65. The maximum atomic E-state index is 3.78. The largest absolute Gasteiger partial charge is 0.315 e. The topological polar surface area (TPSA) is 15.3 Å². The van der Waals surface area contributed by atoms with Crippen LogP contribution in [-0.4, -0.2) is 37.1 Å². The average Bonchev–Trinajstić information content (AvgIpc) is 2.91. The molecule has 28 heavy (non-hydrogen) atoms. The van der Waals surface area contributed by atoms with E-state index < -0.39 is 0 Å². The first kappa shape index (κ1) is 19.7. The van der Waals surface area contributed by atoms with Crippen molar-refractivity contribution in [3.05, 3.63) is 71.8 Å². The van der Waals surface area contributed by atoms with E-state index >= 15 is 0 Å². The van der Waals surface area contributed by atoms with E-state index in [-0.39, 0.29) is 0 Å². The summed E-state index contributed by atoms with van der Waals surface area (Å²) < 4.78 is 0. The fourth-order valence-electron chi connectivity index (χ4n) is 6.11. The molecule has 0 radical (unpaired) electrons. The first-order chi connectivity index (χ1) is 13.4. The van der Waals surface area contributed by atoms with Crippen molar-refractivity contribution in [3.63, 3.8) is 0 Å². The molecule has 2 bridgehead atoms. The molecule has 1 saturated heterocycles. The van der Waals surface area contributed by atoms with Crippen LogP contribution in [0.15, 0.2) is 60.7 Å². The van der Waals surface area contributed by atoms with Crippen molar-refractivity contribution in [1.82, 2.24) is 10.2 Å². The summed E-state index contributed by atoms with van der Waals surface area (Å²) in [6.07, 6.45) is 4.14. The number of nitrogens with one attached hydrogen (secondary N) is 1. The molecular formula is C26H36N2. The molecule has 1 aliphatic heterocycles. The van der Waals surface area contributed by atoms with Gasteiger partial charge < -0.3 is 5.32 Å². The third-order valence-corrected chi connectivity index (χ3v) is 6.85. The Morgan fingerprint density at radius 2 is 1.54 bits per heavy atom. The van der Waals surface area contributed by atoms with Crippen LogP contribution in [0.1, 0.15) is 57.1 Å². The van der Waals surface area contributed by atoms with E-state index in [1.165, 1.54) is 43.5 Å². The Morgan fingerprint density at radius 3 is 2.14 bits per heavy atom. The molecule has 0 aromatic heterocycles. The lowest BCUT2D eigenvalue weighted by Gasteiger charge is -2.40. The van der Waals surface area contributed by atoms with Crippen LogP contribution >= 0.6 is 0 Å². The van der Waals surface area contributed by atoms with Gasteiger partial charge in [-0.15, -0.1) is 0 Å². The van der Waals surface area contributed by atoms with Gasteiger partial charge in [0.15, 0.2) is 0 Å². The van der Waals surface area contributed by atoms with Gasteiger partial charge in [-0.3, -0.25) is 4.90 Å². The van der Waals surface area contributed by atoms with Crippen LogP contribution in [0, 0.1) is 10.8 Å². The van der Waals surface area contributed by atoms with Crippen molar-refractivity contribution in [2.75, 3.05) is 26.2 Å². The lowest BCUT2D eigenvalue weighted by molar-refractivity contribution is 0.127. The number of benzene rings is 2. The van der Waals surface area contributed by atoms with E-state index in [0.29, 0.717) is 16.7 Å². The highest BCUT2D eigenvalue weighted by atomic mass is 15.2. The van der Waals surface area contributed by atoms with Crippen LogP contribution in [0.4, 0.5) is 0 Å². The molecule has 2 heteroatoms. The van der Waals surface area contributed by atoms with Crippen molar-refractivity contribution in [2.24, 2.45) is 10.8 Å². The number of likely N-dealkylation sites (tertiary alicyclic amines) is 1. The van der Waals surface area contributed by atoms with Crippen molar-refractivity contribution in [3.8, 4) is 0 Å². The Bertz CT molecular complexity index is 715. The maximum Gasteiger partial charge on any atom is 0.0214 e. The van der Waals surface area contributed by atoms with Gasteiger partial charge in [0.1, 0.15) is 0 Å². The Labute approximate surface area is 171 Å². The fraction of sp³-hybridized carbons (Fsp3) is 0.538. The summed E-state index contributed by atoms with van der Waals surface area (Å²) in [5.74, 6) is 0.414. The van der Waals surface area contributed by atoms with E-state index in [2.05, 4.69) is 91.7 Å². The van der Waals surface area contributed by atoms with Crippen LogP contribution in [0.3, 0.4) is 0 Å². The summed E-state index contributed by atoms with van der Waals surface area (Å²) in [4.78, 5) is 2.77. The molecule has 1 heterocycles. The Hall–Kier alpha value is -1.64. The summed E-state index contributed by atoms with van der Waals surface area (Å²) >= 11 is 0. The molecule has 1 N–H and O–H groups in total. The second-order valence-electron chi connectivity index (χ2n) is 10.3. The molecule has 1 aliphatic carbocycles. The Balaban J connectivity index is 1.35. The molecule has 4 rings (SSSR count). The van der Waals surface area contributed by atoms with Gasteiger partial charge in [-0.2, -0.15) is 0 Å². The first-order valence-corrected chi connectivity index (χ1v) is 11.0. The van der Waals surface area contributed by atoms with E-state index in [4.69, 9.17) is 0 Å². The highest BCUT2D eigenvalue weighted by Gasteiger charge is 2.49. The summed E-state index contributed by atoms with van der Waals surface area (Å²) in [5, 5.41) is 3.78. The molecular weight excluding hydrogens is 340 g/mol. The van der Waals surface area contributed by atoms with Gasteiger partial charge in [0.25, 0.3) is 0 Å². The van der Waals surface area contributed by atoms with Gasteiger partial charge in [-0.05, 0) is 41.2 Å². The normalized spacial score (nSPS) is 26.6. The van der Waals surface area contributed by atoms with Crippen LogP contribution in [0.2, 0.25) is 0 Å². The second kappa shape index (κ2) is 8.00. The average molecular weight is 377 g/mol. The van der Waals surface area contributed by atoms with E-state index in [0.717, 1.165) is 19.1 Å². The molecule has 0 amide bonds. The maximum absolute atomic E-state index is 3.78. The summed E-state index contributed by atoms with van der Waals surface area (Å²) in [7, 11) is 0. The van der Waals surface area contributed by atoms with Gasteiger partial charge in [0, 0.05) is 38.1 Å². The molecule has 2 nitrogen and oxygen atoms in total. The Kier molecular flexibility index (Phi) is 5.62. The molecule has 2 aromatic rings. The molecule has 2 aromatic carbocycles. The predicted molar refractivity (Wildman–Crippen MR) is 119 cm³/mol. The van der Waals surface area contributed by atoms with Crippen molar-refractivity contribution >= 4 is 0 Å². The molecule has 150 valence electrons. The fourth-order valence-corrected chi connectivity index (χ4v) is 6.11. The smallest absolute Gasteiger partial charge is 0.0214 e. The zero-order chi connectivity index (χ0) is 19.6. The molecule has 2 atom stereocenters. The SMILES string of the molecule is CC1(C)CC2CC(C)(CN2CCNCC(c2ccccc2)c2ccccc2)C1. The van der Waals surface area contributed by atoms with Crippen LogP contribution in [0.25, 0.3) is 0 Å². The van der Waals surface area contributed by atoms with Gasteiger partial charge in [0.05, 0.1) is 0 Å². The highest BCUT2D eigenvalue weighted by molar-refractivity contribution is 5.32. The second-order valence-corrected chi connectivity index (χ2v) is 10.3. The lowest BCUT2D eigenvalue weighted by Crippen LogP contribution is -2.38. The van der Waals surface area contributed by atoms with E-state index in [1.54, 1.807) is 0 Å². The Morgan fingerprint density at radius 1 is 0.929 bits per heavy atom. The van der Waals surface area contributed by atoms with E-state index in [9.17, 15) is 0 Å². The first-order valence-electron chi connectivity index (χ1n) is 11.0. The predicted octanol–water partition coefficient (Wildman–Crippen LogP) is 5.31. The monoisotopic (exact) mass is 376 g/mol. The van der Waals surface area contributed by atoms with Gasteiger partial charge in [-0.25, -0.2) is 0 Å². The number of fused-ring (bicyclic) bond motifs is 2. The quantitative estimate of drug-likeness (QED) is 0.659. The van der Waals surface area contributed by atoms with Gasteiger partial charge in [-0.1, -0.05) is 81.4 Å². The summed E-state index contributed by atoms with van der Waals surface area (Å²) in [5.41, 5.74) is 3.83. The molecule has 2 aliphatic rings. The standard InChI is InChI=1S/C26H36N2/c1-25(2)16-23-17-26(3,19-25)20-28(23)15-14-27-18-24(21-10-6-4-7-11-21)22-12-8-5-9-13-22/h4-13,23-24,27H,14-20H2,1-3H3. The van der Waals surface area contributed by atoms with Crippen LogP contribution in [-0.2, 0) is 0 Å². The highest BCUT2D eigenvalue weighted by Crippen LogP contribution is 2.52. The van der Waals surface area contributed by atoms with Crippen molar-refractivity contribution in [2.45, 2.75) is 52.0 Å². The third kappa shape index (κ3) is 4.50. The third-order valence-electron chi connectivity index (χ3n) is 6.85. The molecule has 2 unspecified atom stereocenters. The molecule has 0 spiro atoms. The summed E-state index contributed by atoms with van der Waals surface area (Å²) in [6, 6.07) is 22.6. The minimum Gasteiger partial charge on any atom is -0.315 e. The number of hydrogen-bond acceptors (Lipinski definition) is 2. The van der Waals surface area contributed by atoms with Crippen molar-refractivity contribution in [1.29, 1.82) is 0 Å². The van der Waals surface area contributed by atoms with E-state index in [1.807, 2.05) is 0 Å². The minimum absolute atomic E-state index is 0.414. The number of hydrogen-bond donors (Lipinski definition) is 1. The minimum atomic E-state index is 0.414. The molecule has 1 saturated carbocycles. The summed E-state index contributed by atoms with van der Waals surface area (Å²) in [6.45, 7) is 12.0. The number of rotatable bonds is 7. The zero-order valence-corrected chi connectivity index (χ0v) is 17.8. The van der Waals surface area contributed by atoms with Gasteiger partial charge in [0.2, 0.25) is 0 Å². The zero-order valence-electron chi connectivity index (χ0n) is 17.8. The number of nitrogens with zero attached hydrogens (tertiary/aromatic N) is 1. The van der Waals surface area contributed by atoms with Gasteiger partial charge >= 0.3 is 0 Å². The van der Waals surface area contributed by atoms with Crippen molar-refractivity contribution < 1.29 is 0 Å². The molecule has 2 fully saturated rings.